The van der Waals surface area contributed by atoms with Crippen molar-refractivity contribution < 1.29 is 49.3 Å². The monoisotopic (exact) mass is 252 g/mol. The molecule has 0 unspecified atom stereocenters. The molecule has 13 heteroatoms. The van der Waals surface area contributed by atoms with Crippen molar-refractivity contribution in [3.05, 3.63) is 0 Å². The third-order valence-electron chi connectivity index (χ3n) is 0. The SMILES string of the molecule is O.O.O[Si](O)(O)O.O[Si](O)(O)O.[NaH]. The quantitative estimate of drug-likeness (QED) is 0.193. The van der Waals surface area contributed by atoms with E-state index >= 15 is 0 Å². The van der Waals surface area contributed by atoms with Crippen LogP contribution in [0.3, 0.4) is 0 Å². The predicted molar refractivity (Wildman–Crippen MR) is 43.6 cm³/mol. The van der Waals surface area contributed by atoms with Crippen LogP contribution in [0.1, 0.15) is 0 Å². The van der Waals surface area contributed by atoms with E-state index in [9.17, 15) is 0 Å². The Morgan fingerprint density at radius 1 is 0.462 bits per heavy atom. The first kappa shape index (κ1) is 29.2. The molecule has 0 rings (SSSR count). The standard InChI is InChI=1S/Na.2H4O4Si.2H2O.H/c;2*1-5(2,3)4;;;/h;2*1-4H;2*1H2;. The summed E-state index contributed by atoms with van der Waals surface area (Å²) in [7, 11) is -9.22. The van der Waals surface area contributed by atoms with Gasteiger partial charge in [-0.1, -0.05) is 0 Å². The second-order valence-corrected chi connectivity index (χ2v) is 3.60. The van der Waals surface area contributed by atoms with E-state index in [2.05, 4.69) is 0 Å². The van der Waals surface area contributed by atoms with Crippen molar-refractivity contribution in [3.8, 4) is 0 Å². The molecule has 0 aliphatic heterocycles. The first-order chi connectivity index (χ1) is 4.00. The molecule has 0 radical (unpaired) electrons. The molecule has 0 aromatic heterocycles. The third-order valence-corrected chi connectivity index (χ3v) is 0. The van der Waals surface area contributed by atoms with Crippen LogP contribution in [-0.2, 0) is 0 Å². The topological polar surface area (TPSA) is 225 Å². The zero-order valence-corrected chi connectivity index (χ0v) is 7.58. The van der Waals surface area contributed by atoms with Gasteiger partial charge < -0.3 is 49.3 Å². The molecular weight excluding hydrogens is 239 g/mol. The maximum atomic E-state index is 7.33. The summed E-state index contributed by atoms with van der Waals surface area (Å²) in [6.07, 6.45) is 0. The average molecular weight is 252 g/mol. The molecule has 0 aromatic carbocycles. The van der Waals surface area contributed by atoms with Gasteiger partial charge in [0.05, 0.1) is 0 Å². The van der Waals surface area contributed by atoms with E-state index in [-0.39, 0.29) is 40.5 Å². The first-order valence-corrected chi connectivity index (χ1v) is 5.37. The van der Waals surface area contributed by atoms with Crippen molar-refractivity contribution in [1.29, 1.82) is 0 Å². The van der Waals surface area contributed by atoms with Crippen molar-refractivity contribution in [2.75, 3.05) is 0 Å². The van der Waals surface area contributed by atoms with Gasteiger partial charge >= 0.3 is 47.7 Å². The minimum atomic E-state index is -4.61. The molecule has 12 N–H and O–H groups in total. The van der Waals surface area contributed by atoms with Gasteiger partial charge in [0.1, 0.15) is 0 Å². The van der Waals surface area contributed by atoms with Gasteiger partial charge in [-0.3, -0.25) is 0 Å². The van der Waals surface area contributed by atoms with Crippen molar-refractivity contribution in [1.82, 2.24) is 0 Å². The molecule has 0 spiro atoms. The molecule has 0 aromatic rings. The Hall–Kier alpha value is 1.03. The summed E-state index contributed by atoms with van der Waals surface area (Å²) in [5.41, 5.74) is 0. The van der Waals surface area contributed by atoms with E-state index in [1.807, 2.05) is 0 Å². The zero-order valence-electron chi connectivity index (χ0n) is 5.58. The summed E-state index contributed by atoms with van der Waals surface area (Å²) < 4.78 is 0. The van der Waals surface area contributed by atoms with Crippen LogP contribution < -0.4 is 0 Å². The molecule has 82 valence electrons. The molecule has 0 amide bonds. The fraction of sp³-hybridized carbons (Fsp3) is 0. The van der Waals surface area contributed by atoms with Crippen LogP contribution in [-0.4, -0.2) is 97.0 Å². The van der Waals surface area contributed by atoms with Gasteiger partial charge in [0, 0.05) is 0 Å². The summed E-state index contributed by atoms with van der Waals surface area (Å²) in [6.45, 7) is 0. The van der Waals surface area contributed by atoms with Crippen LogP contribution in [0.5, 0.6) is 0 Å². The summed E-state index contributed by atoms with van der Waals surface area (Å²) in [5.74, 6) is 0. The van der Waals surface area contributed by atoms with E-state index in [0.29, 0.717) is 0 Å². The minimum absolute atomic E-state index is 0. The second-order valence-electron chi connectivity index (χ2n) is 1.20. The summed E-state index contributed by atoms with van der Waals surface area (Å²) in [4.78, 5) is 58.6. The fourth-order valence-electron chi connectivity index (χ4n) is 0. The molecule has 13 heavy (non-hydrogen) atoms. The first-order valence-electron chi connectivity index (χ1n) is 1.79. The predicted octanol–water partition coefficient (Wildman–Crippen LogP) is -7.52. The molecule has 0 heterocycles. The van der Waals surface area contributed by atoms with E-state index in [1.54, 1.807) is 0 Å². The van der Waals surface area contributed by atoms with Crippen LogP contribution in [0.25, 0.3) is 0 Å². The summed E-state index contributed by atoms with van der Waals surface area (Å²) in [6, 6.07) is 0. The van der Waals surface area contributed by atoms with Crippen molar-refractivity contribution in [3.63, 3.8) is 0 Å². The van der Waals surface area contributed by atoms with E-state index in [1.165, 1.54) is 0 Å². The van der Waals surface area contributed by atoms with Crippen molar-refractivity contribution in [2.24, 2.45) is 0 Å². The van der Waals surface area contributed by atoms with Gasteiger partial charge in [0.2, 0.25) is 0 Å². The maximum absolute atomic E-state index is 7.33. The van der Waals surface area contributed by atoms with Gasteiger partial charge in [0.25, 0.3) is 0 Å². The Balaban J connectivity index is -0.0000000267. The van der Waals surface area contributed by atoms with E-state index in [4.69, 9.17) is 38.4 Å². The molecule has 10 nitrogen and oxygen atoms in total. The fourth-order valence-corrected chi connectivity index (χ4v) is 0. The second kappa shape index (κ2) is 11.1. The average Bonchev–Trinajstić information content (AvgIpc) is 1.12. The van der Waals surface area contributed by atoms with Crippen molar-refractivity contribution >= 4 is 47.7 Å². The Bertz CT molecular complexity index is 55.9. The number of hydrogen-bond acceptors (Lipinski definition) is 8. The third kappa shape index (κ3) is 1480. The normalized spacial score (nSPS) is 9.23. The molecule has 0 fully saturated rings. The van der Waals surface area contributed by atoms with Gasteiger partial charge in [-0.15, -0.1) is 0 Å². The molecule has 0 saturated heterocycles. The molecule has 0 aliphatic carbocycles. The Labute approximate surface area is 96.9 Å². The molecular formula is H13NaO10Si2. The summed E-state index contributed by atoms with van der Waals surface area (Å²) >= 11 is 0. The van der Waals surface area contributed by atoms with Crippen molar-refractivity contribution in [2.45, 2.75) is 0 Å². The van der Waals surface area contributed by atoms with Gasteiger partial charge in [-0.2, -0.15) is 0 Å². The number of hydrogen-bond donors (Lipinski definition) is 8. The Morgan fingerprint density at radius 2 is 0.462 bits per heavy atom. The summed E-state index contributed by atoms with van der Waals surface area (Å²) in [5, 5.41) is 0. The van der Waals surface area contributed by atoms with Crippen LogP contribution >= 0.6 is 0 Å². The van der Waals surface area contributed by atoms with Gasteiger partial charge in [-0.25, -0.2) is 0 Å². The van der Waals surface area contributed by atoms with Crippen LogP contribution in [0.2, 0.25) is 0 Å². The van der Waals surface area contributed by atoms with Gasteiger partial charge in [0.15, 0.2) is 0 Å². The molecule has 0 bridgehead atoms. The molecule has 0 atom stereocenters. The molecule has 0 aliphatic rings. The van der Waals surface area contributed by atoms with Crippen LogP contribution in [0, 0.1) is 0 Å². The zero-order chi connectivity index (χ0) is 9.00. The van der Waals surface area contributed by atoms with Crippen LogP contribution in [0.4, 0.5) is 0 Å². The van der Waals surface area contributed by atoms with E-state index < -0.39 is 18.1 Å². The molecule has 0 saturated carbocycles. The van der Waals surface area contributed by atoms with E-state index in [0.717, 1.165) is 0 Å². The van der Waals surface area contributed by atoms with Gasteiger partial charge in [-0.05, 0) is 0 Å². The Kier molecular flexibility index (Phi) is 25.0. The Morgan fingerprint density at radius 3 is 0.462 bits per heavy atom. The van der Waals surface area contributed by atoms with Crippen LogP contribution in [0.15, 0.2) is 0 Å². The number of rotatable bonds is 0.